The molecule has 0 aliphatic carbocycles. The Bertz CT molecular complexity index is 1750. The fourth-order valence-electron chi connectivity index (χ4n) is 6.45. The maximum Gasteiger partial charge on any atom is 0.171 e. The molecular formula is C46H56O2P2. The molecule has 0 amide bonds. The van der Waals surface area contributed by atoms with Gasteiger partial charge in [-0.2, -0.15) is 0 Å². The monoisotopic (exact) mass is 702 g/mol. The van der Waals surface area contributed by atoms with Crippen molar-refractivity contribution in [2.45, 2.75) is 105 Å². The molecule has 0 spiro atoms. The van der Waals surface area contributed by atoms with Gasteiger partial charge in [-0.3, -0.25) is 0 Å². The van der Waals surface area contributed by atoms with E-state index >= 15 is 9.13 Å². The summed E-state index contributed by atoms with van der Waals surface area (Å²) >= 11 is 0. The predicted octanol–water partition coefficient (Wildman–Crippen LogP) is 10.2. The zero-order valence-electron chi connectivity index (χ0n) is 32.3. The summed E-state index contributed by atoms with van der Waals surface area (Å²) in [6, 6.07) is 40.9. The average Bonchev–Trinajstić information content (AvgIpc) is 3.06. The fourth-order valence-corrected chi connectivity index (χ4v) is 11.7. The van der Waals surface area contributed by atoms with Crippen molar-refractivity contribution < 1.29 is 9.13 Å². The van der Waals surface area contributed by atoms with Crippen molar-refractivity contribution in [2.24, 2.45) is 0 Å². The van der Waals surface area contributed by atoms with Gasteiger partial charge in [-0.15, -0.1) is 0 Å². The van der Waals surface area contributed by atoms with Crippen LogP contribution in [0.2, 0.25) is 0 Å². The standard InChI is InChI=1S/C46H56O2P2/c1-43(2,3)33-13-21-37(22-14-33)49(47,38-23-15-34(16-24-38)44(4,5)6)41-29-31-42(32-30-41)50(48,39-25-17-35(18-26-39)45(7,8)9)40-27-19-36(20-28-40)46(10,11)12/h13-32H,1-12H3. The third-order valence-electron chi connectivity index (χ3n) is 9.96. The molecule has 0 saturated heterocycles. The van der Waals surface area contributed by atoms with Crippen molar-refractivity contribution in [3.8, 4) is 0 Å². The summed E-state index contributed by atoms with van der Waals surface area (Å²) in [4.78, 5) is 0. The van der Waals surface area contributed by atoms with E-state index in [1.165, 1.54) is 22.3 Å². The first kappa shape index (κ1) is 37.8. The van der Waals surface area contributed by atoms with Crippen LogP contribution in [0.3, 0.4) is 0 Å². The summed E-state index contributed by atoms with van der Waals surface area (Å²) in [5.74, 6) is 0. The molecule has 0 heterocycles. The Kier molecular flexibility index (Phi) is 10.0. The molecule has 5 aromatic rings. The van der Waals surface area contributed by atoms with Gasteiger partial charge in [-0.05, 0) is 43.9 Å². The highest BCUT2D eigenvalue weighted by Gasteiger charge is 2.34. The van der Waals surface area contributed by atoms with Crippen molar-refractivity contribution in [1.29, 1.82) is 0 Å². The second-order valence-corrected chi connectivity index (χ2v) is 23.5. The van der Waals surface area contributed by atoms with Crippen LogP contribution in [-0.4, -0.2) is 0 Å². The molecule has 0 radical (unpaired) electrons. The Hall–Kier alpha value is -3.44. The van der Waals surface area contributed by atoms with Gasteiger partial charge in [0.25, 0.3) is 0 Å². The second-order valence-electron chi connectivity index (χ2n) is 17.9. The van der Waals surface area contributed by atoms with Crippen LogP contribution >= 0.6 is 14.3 Å². The minimum Gasteiger partial charge on any atom is -0.309 e. The molecule has 2 nitrogen and oxygen atoms in total. The van der Waals surface area contributed by atoms with Crippen LogP contribution in [0.25, 0.3) is 0 Å². The lowest BCUT2D eigenvalue weighted by Crippen LogP contribution is -2.29. The lowest BCUT2D eigenvalue weighted by Gasteiger charge is -2.26. The first-order valence-corrected chi connectivity index (χ1v) is 21.2. The quantitative estimate of drug-likeness (QED) is 0.165. The number of rotatable bonds is 6. The van der Waals surface area contributed by atoms with Gasteiger partial charge in [0.15, 0.2) is 14.3 Å². The van der Waals surface area contributed by atoms with E-state index in [1.54, 1.807) is 0 Å². The van der Waals surface area contributed by atoms with Crippen molar-refractivity contribution in [3.63, 3.8) is 0 Å². The van der Waals surface area contributed by atoms with Crippen LogP contribution in [-0.2, 0) is 30.8 Å². The normalized spacial score (nSPS) is 13.4. The highest BCUT2D eigenvalue weighted by molar-refractivity contribution is 7.86. The van der Waals surface area contributed by atoms with Crippen molar-refractivity contribution in [2.75, 3.05) is 0 Å². The maximum absolute atomic E-state index is 15.6. The van der Waals surface area contributed by atoms with Crippen LogP contribution < -0.4 is 31.8 Å². The molecule has 50 heavy (non-hydrogen) atoms. The summed E-state index contributed by atoms with van der Waals surface area (Å²) < 4.78 is 31.3. The van der Waals surface area contributed by atoms with Gasteiger partial charge in [-0.1, -0.05) is 204 Å². The topological polar surface area (TPSA) is 34.1 Å². The molecule has 262 valence electrons. The molecule has 0 aliphatic rings. The van der Waals surface area contributed by atoms with E-state index in [-0.39, 0.29) is 21.7 Å². The van der Waals surface area contributed by atoms with Gasteiger partial charge in [0, 0.05) is 31.8 Å². The first-order valence-electron chi connectivity index (χ1n) is 17.8. The van der Waals surface area contributed by atoms with Gasteiger partial charge < -0.3 is 9.13 Å². The van der Waals surface area contributed by atoms with Crippen molar-refractivity contribution in [3.05, 3.63) is 144 Å². The van der Waals surface area contributed by atoms with Crippen LogP contribution in [0.1, 0.15) is 105 Å². The second kappa shape index (κ2) is 13.3. The Balaban J connectivity index is 1.68. The molecule has 0 saturated carbocycles. The van der Waals surface area contributed by atoms with Gasteiger partial charge in [0.1, 0.15) is 0 Å². The lowest BCUT2D eigenvalue weighted by atomic mass is 9.87. The molecule has 0 aliphatic heterocycles. The van der Waals surface area contributed by atoms with E-state index in [0.717, 1.165) is 31.8 Å². The minimum atomic E-state index is -3.28. The van der Waals surface area contributed by atoms with Gasteiger partial charge in [0.2, 0.25) is 0 Å². The summed E-state index contributed by atoms with van der Waals surface area (Å²) in [7, 11) is -6.55. The summed E-state index contributed by atoms with van der Waals surface area (Å²) in [6.07, 6.45) is 0. The zero-order chi connectivity index (χ0) is 36.9. The Morgan fingerprint density at radius 2 is 0.380 bits per heavy atom. The average molecular weight is 703 g/mol. The zero-order valence-corrected chi connectivity index (χ0v) is 34.0. The molecule has 0 bridgehead atoms. The van der Waals surface area contributed by atoms with E-state index < -0.39 is 14.3 Å². The third-order valence-corrected chi connectivity index (χ3v) is 16.1. The Morgan fingerprint density at radius 1 is 0.260 bits per heavy atom. The van der Waals surface area contributed by atoms with Crippen LogP contribution in [0, 0.1) is 0 Å². The highest BCUT2D eigenvalue weighted by atomic mass is 31.2. The largest absolute Gasteiger partial charge is 0.309 e. The summed E-state index contributed by atoms with van der Waals surface area (Å²) in [5.41, 5.74) is 4.71. The molecule has 0 atom stereocenters. The van der Waals surface area contributed by atoms with Gasteiger partial charge in [-0.25, -0.2) is 0 Å². The number of hydrogen-bond acceptors (Lipinski definition) is 2. The predicted molar refractivity (Wildman–Crippen MR) is 220 cm³/mol. The molecule has 5 rings (SSSR count). The SMILES string of the molecule is CC(C)(C)c1ccc(P(=O)(c2ccc(C(C)(C)C)cc2)c2ccc(P(=O)(c3ccc(C(C)(C)C)cc3)c3ccc(C(C)(C)C)cc3)cc2)cc1. The smallest absolute Gasteiger partial charge is 0.171 e. The first-order chi connectivity index (χ1) is 23.1. The van der Waals surface area contributed by atoms with Crippen molar-refractivity contribution in [1.82, 2.24) is 0 Å². The van der Waals surface area contributed by atoms with Gasteiger partial charge >= 0.3 is 0 Å². The molecule has 4 heteroatoms. The number of hydrogen-bond donors (Lipinski definition) is 0. The van der Waals surface area contributed by atoms with Crippen LogP contribution in [0.15, 0.2) is 121 Å². The van der Waals surface area contributed by atoms with E-state index in [9.17, 15) is 0 Å². The molecule has 0 fully saturated rings. The maximum atomic E-state index is 15.6. The lowest BCUT2D eigenvalue weighted by molar-refractivity contribution is 0.588. The molecule has 5 aromatic carbocycles. The molecule has 0 N–H and O–H groups in total. The highest BCUT2D eigenvalue weighted by Crippen LogP contribution is 2.46. The third kappa shape index (κ3) is 7.45. The summed E-state index contributed by atoms with van der Waals surface area (Å²) in [5, 5.41) is 4.62. The minimum absolute atomic E-state index is 0.0180. The van der Waals surface area contributed by atoms with E-state index in [0.29, 0.717) is 0 Å². The van der Waals surface area contributed by atoms with E-state index in [1.807, 2.05) is 72.8 Å². The van der Waals surface area contributed by atoms with E-state index in [2.05, 4.69) is 132 Å². The van der Waals surface area contributed by atoms with Crippen LogP contribution in [0.5, 0.6) is 0 Å². The number of benzene rings is 5. The summed E-state index contributed by atoms with van der Waals surface area (Å²) in [6.45, 7) is 26.3. The Morgan fingerprint density at radius 3 is 0.500 bits per heavy atom. The van der Waals surface area contributed by atoms with Crippen LogP contribution in [0.4, 0.5) is 0 Å². The Labute approximate surface area is 302 Å². The van der Waals surface area contributed by atoms with Crippen molar-refractivity contribution >= 4 is 46.1 Å². The fraction of sp³-hybridized carbons (Fsp3) is 0.348. The van der Waals surface area contributed by atoms with E-state index in [4.69, 9.17) is 0 Å². The van der Waals surface area contributed by atoms with Gasteiger partial charge in [0.05, 0.1) is 0 Å². The molecular weight excluding hydrogens is 646 g/mol. The molecule has 0 aromatic heterocycles. The molecule has 0 unspecified atom stereocenters.